The zero-order chi connectivity index (χ0) is 25.8. The molecule has 1 atom stereocenters. The standard InChI is InChI=1S/C28H28F2N4O3/c1-15-27(16(2)37-32-15)17-3-10-24-23(13-17)31-28(34(24)18-4-7-20(35)8-5-18)25-11-12-26(36)33(25)19-6-9-21(29)22(30)14-19/h3,6,9-10,13-14,18,20,25,35H,4-5,7-8,11-12H2,1-2H3/t18?,20?,25-/m0/s1. The molecule has 2 aromatic carbocycles. The summed E-state index contributed by atoms with van der Waals surface area (Å²) >= 11 is 0. The summed E-state index contributed by atoms with van der Waals surface area (Å²) in [6.45, 7) is 3.78. The van der Waals surface area contributed by atoms with Crippen LogP contribution in [0.2, 0.25) is 0 Å². The number of imidazole rings is 1. The van der Waals surface area contributed by atoms with Crippen molar-refractivity contribution in [2.45, 2.75) is 70.6 Å². The molecule has 4 aromatic rings. The molecule has 2 fully saturated rings. The quantitative estimate of drug-likeness (QED) is 0.371. The minimum absolute atomic E-state index is 0.107. The van der Waals surface area contributed by atoms with Gasteiger partial charge in [-0.05, 0) is 75.8 Å². The molecule has 1 saturated carbocycles. The fourth-order valence-electron chi connectivity index (χ4n) is 5.99. The Hall–Kier alpha value is -3.59. The summed E-state index contributed by atoms with van der Waals surface area (Å²) in [5.74, 6) is -0.640. The first-order chi connectivity index (χ1) is 17.8. The minimum Gasteiger partial charge on any atom is -0.393 e. The molecule has 3 heterocycles. The largest absolute Gasteiger partial charge is 0.393 e. The molecule has 9 heteroatoms. The fraction of sp³-hybridized carbons (Fsp3) is 0.393. The number of fused-ring (bicyclic) bond motifs is 1. The van der Waals surface area contributed by atoms with Crippen molar-refractivity contribution in [1.82, 2.24) is 14.7 Å². The minimum atomic E-state index is -0.991. The molecule has 0 spiro atoms. The molecule has 1 amide bonds. The average Bonchev–Trinajstić information content (AvgIpc) is 3.55. The Kier molecular flexibility index (Phi) is 5.82. The highest BCUT2D eigenvalue weighted by Crippen LogP contribution is 2.42. The van der Waals surface area contributed by atoms with E-state index in [4.69, 9.17) is 9.51 Å². The van der Waals surface area contributed by atoms with Gasteiger partial charge in [-0.15, -0.1) is 0 Å². The number of aliphatic hydroxyl groups is 1. The molecule has 6 rings (SSSR count). The molecule has 0 bridgehead atoms. The van der Waals surface area contributed by atoms with Gasteiger partial charge in [-0.1, -0.05) is 11.2 Å². The van der Waals surface area contributed by atoms with Crippen LogP contribution in [0, 0.1) is 25.5 Å². The zero-order valence-electron chi connectivity index (χ0n) is 20.7. The topological polar surface area (TPSA) is 84.4 Å². The monoisotopic (exact) mass is 506 g/mol. The second-order valence-electron chi connectivity index (χ2n) is 10.1. The Morgan fingerprint density at radius 2 is 1.78 bits per heavy atom. The van der Waals surface area contributed by atoms with Crippen molar-refractivity contribution in [2.24, 2.45) is 0 Å². The van der Waals surface area contributed by atoms with Crippen LogP contribution in [0.25, 0.3) is 22.2 Å². The van der Waals surface area contributed by atoms with Crippen molar-refractivity contribution >= 4 is 22.6 Å². The van der Waals surface area contributed by atoms with Crippen LogP contribution in [0.5, 0.6) is 0 Å². The van der Waals surface area contributed by atoms with E-state index in [1.807, 2.05) is 32.0 Å². The van der Waals surface area contributed by atoms with Crippen LogP contribution in [0.1, 0.15) is 67.9 Å². The lowest BCUT2D eigenvalue weighted by Gasteiger charge is -2.31. The maximum Gasteiger partial charge on any atom is 0.227 e. The number of amides is 1. The lowest BCUT2D eigenvalue weighted by molar-refractivity contribution is -0.117. The molecule has 2 aromatic heterocycles. The van der Waals surface area contributed by atoms with Crippen LogP contribution in [0.15, 0.2) is 40.9 Å². The Bertz CT molecular complexity index is 1480. The summed E-state index contributed by atoms with van der Waals surface area (Å²) in [6.07, 6.45) is 3.46. The second kappa shape index (κ2) is 9.06. The van der Waals surface area contributed by atoms with E-state index >= 15 is 0 Å². The highest BCUT2D eigenvalue weighted by atomic mass is 19.2. The van der Waals surface area contributed by atoms with Crippen molar-refractivity contribution in [3.8, 4) is 11.1 Å². The highest BCUT2D eigenvalue weighted by Gasteiger charge is 2.38. The summed E-state index contributed by atoms with van der Waals surface area (Å²) in [5.41, 5.74) is 4.71. The lowest BCUT2D eigenvalue weighted by atomic mass is 9.92. The van der Waals surface area contributed by atoms with E-state index in [2.05, 4.69) is 9.72 Å². The fourth-order valence-corrected chi connectivity index (χ4v) is 5.99. The molecule has 1 saturated heterocycles. The van der Waals surface area contributed by atoms with Gasteiger partial charge in [0.1, 0.15) is 11.6 Å². The Morgan fingerprint density at radius 3 is 2.49 bits per heavy atom. The van der Waals surface area contributed by atoms with Crippen molar-refractivity contribution in [3.05, 3.63) is 65.3 Å². The van der Waals surface area contributed by atoms with Gasteiger partial charge in [-0.25, -0.2) is 13.8 Å². The highest BCUT2D eigenvalue weighted by molar-refractivity contribution is 5.96. The van der Waals surface area contributed by atoms with E-state index in [1.165, 1.54) is 6.07 Å². The summed E-state index contributed by atoms with van der Waals surface area (Å²) in [6, 6.07) is 9.33. The predicted octanol–water partition coefficient (Wildman–Crippen LogP) is 5.93. The average molecular weight is 507 g/mol. The summed E-state index contributed by atoms with van der Waals surface area (Å²) in [4.78, 5) is 19.6. The van der Waals surface area contributed by atoms with E-state index in [0.29, 0.717) is 31.4 Å². The number of nitrogens with zero attached hydrogens (tertiary/aromatic N) is 4. The number of aryl methyl sites for hydroxylation is 2. The molecule has 0 unspecified atom stereocenters. The molecule has 1 aliphatic carbocycles. The van der Waals surface area contributed by atoms with Crippen LogP contribution in [0.4, 0.5) is 14.5 Å². The number of hydrogen-bond acceptors (Lipinski definition) is 5. The van der Waals surface area contributed by atoms with Crippen molar-refractivity contribution < 1.29 is 23.2 Å². The normalized spacial score (nSPS) is 22.4. The Labute approximate surface area is 212 Å². The van der Waals surface area contributed by atoms with Gasteiger partial charge in [0.25, 0.3) is 0 Å². The summed E-state index contributed by atoms with van der Waals surface area (Å²) < 4.78 is 35.4. The van der Waals surface area contributed by atoms with E-state index < -0.39 is 17.7 Å². The number of hydrogen-bond donors (Lipinski definition) is 1. The van der Waals surface area contributed by atoms with Crippen LogP contribution >= 0.6 is 0 Å². The zero-order valence-corrected chi connectivity index (χ0v) is 20.7. The molecule has 7 nitrogen and oxygen atoms in total. The van der Waals surface area contributed by atoms with Crippen LogP contribution in [-0.4, -0.2) is 31.8 Å². The summed E-state index contributed by atoms with van der Waals surface area (Å²) in [5, 5.41) is 14.2. The molecule has 192 valence electrons. The van der Waals surface area contributed by atoms with Gasteiger partial charge in [-0.2, -0.15) is 0 Å². The Morgan fingerprint density at radius 1 is 1.00 bits per heavy atom. The number of carbonyl (C=O) groups is 1. The van der Waals surface area contributed by atoms with Crippen molar-refractivity contribution in [2.75, 3.05) is 4.90 Å². The first kappa shape index (κ1) is 23.8. The molecule has 37 heavy (non-hydrogen) atoms. The van der Waals surface area contributed by atoms with E-state index in [9.17, 15) is 18.7 Å². The number of carbonyl (C=O) groups excluding carboxylic acids is 1. The van der Waals surface area contributed by atoms with Crippen LogP contribution < -0.4 is 4.90 Å². The van der Waals surface area contributed by atoms with Gasteiger partial charge in [0, 0.05) is 29.8 Å². The molecule has 2 aliphatic rings. The number of benzene rings is 2. The van der Waals surface area contributed by atoms with Gasteiger partial charge < -0.3 is 19.1 Å². The third-order valence-corrected chi connectivity index (χ3v) is 7.76. The molecule has 1 N–H and O–H groups in total. The van der Waals surface area contributed by atoms with Gasteiger partial charge in [0.2, 0.25) is 5.91 Å². The maximum absolute atomic E-state index is 14.1. The van der Waals surface area contributed by atoms with Crippen LogP contribution in [-0.2, 0) is 4.79 Å². The maximum atomic E-state index is 14.1. The number of aromatic nitrogens is 3. The van der Waals surface area contributed by atoms with Gasteiger partial charge in [0.15, 0.2) is 11.6 Å². The first-order valence-corrected chi connectivity index (χ1v) is 12.7. The summed E-state index contributed by atoms with van der Waals surface area (Å²) in [7, 11) is 0. The number of anilines is 1. The lowest BCUT2D eigenvalue weighted by Crippen LogP contribution is -2.31. The molecule has 1 aliphatic heterocycles. The third kappa shape index (κ3) is 4.01. The van der Waals surface area contributed by atoms with Crippen LogP contribution in [0.3, 0.4) is 0 Å². The second-order valence-corrected chi connectivity index (χ2v) is 10.1. The van der Waals surface area contributed by atoms with Gasteiger partial charge in [0.05, 0.1) is 28.9 Å². The third-order valence-electron chi connectivity index (χ3n) is 7.76. The van der Waals surface area contributed by atoms with Crippen molar-refractivity contribution in [1.29, 1.82) is 0 Å². The first-order valence-electron chi connectivity index (χ1n) is 12.7. The predicted molar refractivity (Wildman–Crippen MR) is 134 cm³/mol. The molecular formula is C28H28F2N4O3. The Balaban J connectivity index is 1.50. The van der Waals surface area contributed by atoms with E-state index in [1.54, 1.807) is 4.90 Å². The van der Waals surface area contributed by atoms with E-state index in [0.717, 1.165) is 64.4 Å². The van der Waals surface area contributed by atoms with Crippen molar-refractivity contribution in [3.63, 3.8) is 0 Å². The number of halogens is 2. The molecular weight excluding hydrogens is 478 g/mol. The molecule has 0 radical (unpaired) electrons. The smallest absolute Gasteiger partial charge is 0.227 e. The van der Waals surface area contributed by atoms with Gasteiger partial charge >= 0.3 is 0 Å². The van der Waals surface area contributed by atoms with Gasteiger partial charge in [-0.3, -0.25) is 4.79 Å². The number of aliphatic hydroxyl groups excluding tert-OH is 1. The SMILES string of the molecule is Cc1noc(C)c1-c1ccc2c(c1)nc([C@@H]1CCC(=O)N1c1ccc(F)c(F)c1)n2C1CCC(O)CC1. The number of rotatable bonds is 4. The van der Waals surface area contributed by atoms with E-state index in [-0.39, 0.29) is 18.1 Å².